The van der Waals surface area contributed by atoms with Crippen LogP contribution in [-0.2, 0) is 4.74 Å². The normalized spacial score (nSPS) is 10.0. The van der Waals surface area contributed by atoms with Crippen molar-refractivity contribution in [1.82, 2.24) is 0 Å². The molecule has 0 atom stereocenters. The summed E-state index contributed by atoms with van der Waals surface area (Å²) in [5.41, 5.74) is 0.388. The molecule has 126 valence electrons. The van der Waals surface area contributed by atoms with Crippen LogP contribution in [0.15, 0.2) is 24.3 Å². The van der Waals surface area contributed by atoms with Gasteiger partial charge in [0, 0.05) is 6.42 Å². The molecular weight excluding hydrogens is 308 g/mol. The minimum Gasteiger partial charge on any atom is -0.449 e. The largest absolute Gasteiger partial charge is 0.449 e. The number of hydrogen-bond donors (Lipinski definition) is 0. The number of esters is 1. The number of rotatable bonds is 10. The zero-order valence-corrected chi connectivity index (χ0v) is 14.8. The van der Waals surface area contributed by atoms with Gasteiger partial charge in [0.05, 0.1) is 10.6 Å². The molecule has 0 amide bonds. The second kappa shape index (κ2) is 13.0. The summed E-state index contributed by atoms with van der Waals surface area (Å²) in [7, 11) is 0. The van der Waals surface area contributed by atoms with Gasteiger partial charge in [-0.2, -0.15) is 0 Å². The molecule has 3 heteroatoms. The van der Waals surface area contributed by atoms with Crippen LogP contribution in [0.4, 0.5) is 0 Å². The number of benzene rings is 1. The molecule has 0 saturated carbocycles. The molecule has 0 fully saturated rings. The van der Waals surface area contributed by atoms with E-state index in [1.165, 1.54) is 44.9 Å². The molecule has 0 saturated heterocycles. The number of hydrogen-bond acceptors (Lipinski definition) is 2. The van der Waals surface area contributed by atoms with E-state index >= 15 is 0 Å². The van der Waals surface area contributed by atoms with Crippen LogP contribution in [0.25, 0.3) is 0 Å². The topological polar surface area (TPSA) is 26.3 Å². The molecule has 23 heavy (non-hydrogen) atoms. The maximum Gasteiger partial charge on any atom is 0.340 e. The van der Waals surface area contributed by atoms with Crippen molar-refractivity contribution in [3.63, 3.8) is 0 Å². The zero-order chi connectivity index (χ0) is 16.8. The molecular formula is C20H27ClO2. The Hall–Kier alpha value is -1.46. The molecule has 0 unspecified atom stereocenters. The first kappa shape index (κ1) is 19.6. The zero-order valence-electron chi connectivity index (χ0n) is 14.1. The van der Waals surface area contributed by atoms with Gasteiger partial charge in [0.1, 0.15) is 0 Å². The van der Waals surface area contributed by atoms with Gasteiger partial charge in [-0.15, -0.1) is 0 Å². The predicted molar refractivity (Wildman–Crippen MR) is 96.7 cm³/mol. The van der Waals surface area contributed by atoms with Crippen LogP contribution in [0.5, 0.6) is 0 Å². The van der Waals surface area contributed by atoms with Crippen LogP contribution >= 0.6 is 11.6 Å². The van der Waals surface area contributed by atoms with Crippen LogP contribution in [0, 0.1) is 11.8 Å². The van der Waals surface area contributed by atoms with Gasteiger partial charge in [0.2, 0.25) is 0 Å². The lowest BCUT2D eigenvalue weighted by Gasteiger charge is -2.02. The minimum absolute atomic E-state index is 0.126. The highest BCUT2D eigenvalue weighted by Gasteiger charge is 2.09. The van der Waals surface area contributed by atoms with E-state index in [0.717, 1.165) is 12.8 Å². The first-order valence-electron chi connectivity index (χ1n) is 8.63. The Morgan fingerprint density at radius 2 is 1.65 bits per heavy atom. The quantitative estimate of drug-likeness (QED) is 0.296. The van der Waals surface area contributed by atoms with Crippen LogP contribution in [-0.4, -0.2) is 12.6 Å². The standard InChI is InChI=1S/C20H27ClO2/c1-2-3-4-5-6-7-8-9-10-11-14-17-23-20(22)18-15-12-13-16-19(18)21/h12-13,15-16H,2-10,17H2,1H3. The number of carbonyl (C=O) groups is 1. The molecule has 1 aromatic carbocycles. The van der Waals surface area contributed by atoms with E-state index in [-0.39, 0.29) is 6.61 Å². The van der Waals surface area contributed by atoms with E-state index in [1.807, 2.05) is 0 Å². The van der Waals surface area contributed by atoms with Crippen LogP contribution in [0.1, 0.15) is 75.1 Å². The average molecular weight is 335 g/mol. The van der Waals surface area contributed by atoms with E-state index < -0.39 is 5.97 Å². The lowest BCUT2D eigenvalue weighted by molar-refractivity contribution is 0.0557. The van der Waals surface area contributed by atoms with Gasteiger partial charge < -0.3 is 4.74 Å². The highest BCUT2D eigenvalue weighted by atomic mass is 35.5. The molecule has 1 rings (SSSR count). The lowest BCUT2D eigenvalue weighted by Crippen LogP contribution is -2.05. The van der Waals surface area contributed by atoms with Crippen LogP contribution < -0.4 is 0 Å². The van der Waals surface area contributed by atoms with Crippen molar-refractivity contribution in [2.75, 3.05) is 6.61 Å². The fourth-order valence-corrected chi connectivity index (χ4v) is 2.51. The third kappa shape index (κ3) is 9.31. The summed E-state index contributed by atoms with van der Waals surface area (Å²) in [6.45, 7) is 2.37. The van der Waals surface area contributed by atoms with E-state index in [9.17, 15) is 4.79 Å². The molecule has 1 aromatic rings. The molecule has 0 radical (unpaired) electrons. The highest BCUT2D eigenvalue weighted by Crippen LogP contribution is 2.15. The summed E-state index contributed by atoms with van der Waals surface area (Å²) in [5.74, 6) is 5.53. The van der Waals surface area contributed by atoms with Gasteiger partial charge in [-0.25, -0.2) is 4.79 Å². The van der Waals surface area contributed by atoms with Gasteiger partial charge >= 0.3 is 5.97 Å². The van der Waals surface area contributed by atoms with E-state index in [0.29, 0.717) is 10.6 Å². The number of halogens is 1. The first-order valence-corrected chi connectivity index (χ1v) is 9.01. The molecule has 0 aliphatic carbocycles. The third-order valence-corrected chi connectivity index (χ3v) is 3.98. The molecule has 0 bridgehead atoms. The van der Waals surface area contributed by atoms with Crippen molar-refractivity contribution in [1.29, 1.82) is 0 Å². The van der Waals surface area contributed by atoms with Crippen molar-refractivity contribution in [2.45, 2.75) is 64.7 Å². The Morgan fingerprint density at radius 3 is 2.35 bits per heavy atom. The molecule has 0 spiro atoms. The van der Waals surface area contributed by atoms with Crippen molar-refractivity contribution in [3.8, 4) is 11.8 Å². The molecule has 0 aliphatic heterocycles. The van der Waals surface area contributed by atoms with Crippen molar-refractivity contribution < 1.29 is 9.53 Å². The molecule has 0 heterocycles. The Labute approximate surface area is 145 Å². The third-order valence-electron chi connectivity index (χ3n) is 3.65. The van der Waals surface area contributed by atoms with Crippen molar-refractivity contribution in [3.05, 3.63) is 34.9 Å². The number of ether oxygens (including phenoxy) is 1. The lowest BCUT2D eigenvalue weighted by atomic mass is 10.1. The smallest absolute Gasteiger partial charge is 0.340 e. The molecule has 0 aromatic heterocycles. The number of carbonyl (C=O) groups excluding carboxylic acids is 1. The SMILES string of the molecule is CCCCCCCCCCC#CCOC(=O)c1ccccc1Cl. The fraction of sp³-hybridized carbons (Fsp3) is 0.550. The van der Waals surface area contributed by atoms with Crippen LogP contribution in [0.3, 0.4) is 0 Å². The summed E-state index contributed by atoms with van der Waals surface area (Å²) >= 11 is 5.93. The van der Waals surface area contributed by atoms with Crippen LogP contribution in [0.2, 0.25) is 5.02 Å². The van der Waals surface area contributed by atoms with Gasteiger partial charge in [-0.3, -0.25) is 0 Å². The summed E-state index contributed by atoms with van der Waals surface area (Å²) in [5, 5.41) is 0.407. The molecule has 0 N–H and O–H groups in total. The van der Waals surface area contributed by atoms with Gasteiger partial charge in [-0.05, 0) is 18.6 Å². The second-order valence-electron chi connectivity index (χ2n) is 5.63. The van der Waals surface area contributed by atoms with Gasteiger partial charge in [0.25, 0.3) is 0 Å². The number of unbranched alkanes of at least 4 members (excludes halogenated alkanes) is 8. The Kier molecular flexibility index (Phi) is 11.1. The van der Waals surface area contributed by atoms with E-state index in [1.54, 1.807) is 24.3 Å². The fourth-order valence-electron chi connectivity index (χ4n) is 2.29. The summed E-state index contributed by atoms with van der Waals surface area (Å²) < 4.78 is 5.09. The van der Waals surface area contributed by atoms with Crippen molar-refractivity contribution in [2.24, 2.45) is 0 Å². The molecule has 2 nitrogen and oxygen atoms in total. The summed E-state index contributed by atoms with van der Waals surface area (Å²) in [4.78, 5) is 11.8. The second-order valence-corrected chi connectivity index (χ2v) is 6.04. The maximum atomic E-state index is 11.8. The predicted octanol–water partition coefficient (Wildman–Crippen LogP) is 6.03. The summed E-state index contributed by atoms with van der Waals surface area (Å²) in [6.07, 6.45) is 11.3. The Balaban J connectivity index is 2.03. The van der Waals surface area contributed by atoms with Crippen molar-refractivity contribution >= 4 is 17.6 Å². The van der Waals surface area contributed by atoms with E-state index in [4.69, 9.17) is 16.3 Å². The maximum absolute atomic E-state index is 11.8. The first-order chi connectivity index (χ1) is 11.3. The monoisotopic (exact) mass is 334 g/mol. The van der Waals surface area contributed by atoms with Gasteiger partial charge in [-0.1, -0.05) is 87.4 Å². The minimum atomic E-state index is -0.419. The Morgan fingerprint density at radius 1 is 1.00 bits per heavy atom. The van der Waals surface area contributed by atoms with Gasteiger partial charge in [0.15, 0.2) is 6.61 Å². The van der Waals surface area contributed by atoms with E-state index in [2.05, 4.69) is 18.8 Å². The molecule has 0 aliphatic rings. The Bertz CT molecular complexity index is 514. The highest BCUT2D eigenvalue weighted by molar-refractivity contribution is 6.33. The average Bonchev–Trinajstić information content (AvgIpc) is 2.56. The summed E-state index contributed by atoms with van der Waals surface area (Å²) in [6, 6.07) is 6.86.